The SMILES string of the molecule is Cc1nc(CSc2ccccc2C(=O)NCC(C)C#N)cs1. The molecule has 22 heavy (non-hydrogen) atoms. The number of amides is 1. The normalized spacial score (nSPS) is 11.7. The molecule has 0 bridgehead atoms. The van der Waals surface area contributed by atoms with E-state index in [0.29, 0.717) is 12.1 Å². The predicted molar refractivity (Wildman–Crippen MR) is 90.0 cm³/mol. The number of nitrogens with one attached hydrogen (secondary N) is 1. The van der Waals surface area contributed by atoms with Crippen molar-refractivity contribution in [1.29, 1.82) is 5.26 Å². The first-order chi connectivity index (χ1) is 10.6. The number of aromatic nitrogens is 1. The Morgan fingerprint density at radius 2 is 2.27 bits per heavy atom. The summed E-state index contributed by atoms with van der Waals surface area (Å²) in [6.45, 7) is 4.13. The van der Waals surface area contributed by atoms with Gasteiger partial charge >= 0.3 is 0 Å². The molecule has 0 fully saturated rings. The van der Waals surface area contributed by atoms with Gasteiger partial charge < -0.3 is 5.32 Å². The summed E-state index contributed by atoms with van der Waals surface area (Å²) in [5.74, 6) is 0.407. The maximum absolute atomic E-state index is 12.3. The Hall–Kier alpha value is -1.84. The Labute approximate surface area is 138 Å². The molecule has 0 radical (unpaired) electrons. The minimum absolute atomic E-state index is 0.139. The van der Waals surface area contributed by atoms with Crippen LogP contribution in [0.25, 0.3) is 0 Å². The van der Waals surface area contributed by atoms with Crippen LogP contribution in [0.15, 0.2) is 34.5 Å². The number of benzene rings is 1. The molecule has 114 valence electrons. The average molecular weight is 331 g/mol. The van der Waals surface area contributed by atoms with Gasteiger partial charge in [-0.3, -0.25) is 4.79 Å². The summed E-state index contributed by atoms with van der Waals surface area (Å²) in [5, 5.41) is 14.7. The van der Waals surface area contributed by atoms with E-state index in [1.807, 2.05) is 30.5 Å². The van der Waals surface area contributed by atoms with E-state index in [4.69, 9.17) is 5.26 Å². The first kappa shape index (κ1) is 16.5. The van der Waals surface area contributed by atoms with E-state index < -0.39 is 0 Å². The molecule has 0 saturated heterocycles. The fourth-order valence-electron chi connectivity index (χ4n) is 1.79. The van der Waals surface area contributed by atoms with Crippen molar-refractivity contribution in [3.63, 3.8) is 0 Å². The molecular formula is C16H17N3OS2. The predicted octanol–water partition coefficient (Wildman–Crippen LogP) is 3.63. The number of hydrogen-bond acceptors (Lipinski definition) is 5. The molecular weight excluding hydrogens is 314 g/mol. The van der Waals surface area contributed by atoms with Crippen LogP contribution in [0.1, 0.15) is 28.0 Å². The summed E-state index contributed by atoms with van der Waals surface area (Å²) in [7, 11) is 0. The van der Waals surface area contributed by atoms with Gasteiger partial charge in [0, 0.05) is 22.6 Å². The van der Waals surface area contributed by atoms with Crippen LogP contribution in [-0.2, 0) is 5.75 Å². The van der Waals surface area contributed by atoms with Crippen molar-refractivity contribution in [3.05, 3.63) is 45.9 Å². The number of thioether (sulfide) groups is 1. The van der Waals surface area contributed by atoms with E-state index in [0.717, 1.165) is 21.3 Å². The summed E-state index contributed by atoms with van der Waals surface area (Å²) in [6, 6.07) is 9.62. The first-order valence-corrected chi connectivity index (χ1v) is 8.77. The molecule has 0 spiro atoms. The molecule has 1 N–H and O–H groups in total. The second kappa shape index (κ2) is 7.97. The van der Waals surface area contributed by atoms with Crippen molar-refractivity contribution in [2.24, 2.45) is 5.92 Å². The summed E-state index contributed by atoms with van der Waals surface area (Å²) in [4.78, 5) is 17.6. The smallest absolute Gasteiger partial charge is 0.252 e. The third-order valence-corrected chi connectivity index (χ3v) is 4.89. The van der Waals surface area contributed by atoms with E-state index in [9.17, 15) is 4.79 Å². The van der Waals surface area contributed by atoms with E-state index in [1.54, 1.807) is 36.1 Å². The minimum atomic E-state index is -0.193. The number of rotatable bonds is 6. The number of thiazole rings is 1. The molecule has 4 nitrogen and oxygen atoms in total. The highest BCUT2D eigenvalue weighted by molar-refractivity contribution is 7.98. The van der Waals surface area contributed by atoms with E-state index in [-0.39, 0.29) is 11.8 Å². The highest BCUT2D eigenvalue weighted by Gasteiger charge is 2.12. The van der Waals surface area contributed by atoms with E-state index in [1.165, 1.54) is 0 Å². The van der Waals surface area contributed by atoms with Crippen LogP contribution >= 0.6 is 23.1 Å². The lowest BCUT2D eigenvalue weighted by Crippen LogP contribution is -2.28. The van der Waals surface area contributed by atoms with E-state index >= 15 is 0 Å². The van der Waals surface area contributed by atoms with Crippen LogP contribution in [0.3, 0.4) is 0 Å². The van der Waals surface area contributed by atoms with Gasteiger partial charge in [-0.2, -0.15) is 5.26 Å². The van der Waals surface area contributed by atoms with Crippen molar-refractivity contribution < 1.29 is 4.79 Å². The lowest BCUT2D eigenvalue weighted by Gasteiger charge is -2.10. The van der Waals surface area contributed by atoms with Crippen LogP contribution in [0.5, 0.6) is 0 Å². The summed E-state index contributed by atoms with van der Waals surface area (Å²) < 4.78 is 0. The van der Waals surface area contributed by atoms with E-state index in [2.05, 4.69) is 16.4 Å². The van der Waals surface area contributed by atoms with Gasteiger partial charge in [-0.05, 0) is 26.0 Å². The van der Waals surface area contributed by atoms with Crippen molar-refractivity contribution in [1.82, 2.24) is 10.3 Å². The monoisotopic (exact) mass is 331 g/mol. The molecule has 2 rings (SSSR count). The Balaban J connectivity index is 2.03. The second-order valence-corrected chi connectivity index (χ2v) is 6.96. The Bertz CT molecular complexity index is 691. The average Bonchev–Trinajstić information content (AvgIpc) is 2.96. The largest absolute Gasteiger partial charge is 0.351 e. The third-order valence-electron chi connectivity index (χ3n) is 2.96. The molecule has 0 aliphatic heterocycles. The van der Waals surface area contributed by atoms with Crippen molar-refractivity contribution >= 4 is 29.0 Å². The van der Waals surface area contributed by atoms with Crippen LogP contribution in [0, 0.1) is 24.2 Å². The van der Waals surface area contributed by atoms with Gasteiger partial charge in [-0.15, -0.1) is 23.1 Å². The summed E-state index contributed by atoms with van der Waals surface area (Å²) >= 11 is 3.23. The Kier molecular flexibility index (Phi) is 5.99. The summed E-state index contributed by atoms with van der Waals surface area (Å²) in [6.07, 6.45) is 0. The minimum Gasteiger partial charge on any atom is -0.351 e. The summed E-state index contributed by atoms with van der Waals surface area (Å²) in [5.41, 5.74) is 1.67. The van der Waals surface area contributed by atoms with Gasteiger partial charge in [-0.1, -0.05) is 12.1 Å². The molecule has 1 unspecified atom stereocenters. The molecule has 0 aliphatic rings. The van der Waals surface area contributed by atoms with Crippen LogP contribution in [-0.4, -0.2) is 17.4 Å². The molecule has 1 aromatic carbocycles. The quantitative estimate of drug-likeness (QED) is 0.821. The Morgan fingerprint density at radius 3 is 2.95 bits per heavy atom. The van der Waals surface area contributed by atoms with Gasteiger partial charge in [0.2, 0.25) is 0 Å². The van der Waals surface area contributed by atoms with Gasteiger partial charge in [-0.25, -0.2) is 4.98 Å². The van der Waals surface area contributed by atoms with Crippen LogP contribution < -0.4 is 5.32 Å². The van der Waals surface area contributed by atoms with Crippen LogP contribution in [0.2, 0.25) is 0 Å². The molecule has 0 aliphatic carbocycles. The topological polar surface area (TPSA) is 65.8 Å². The molecule has 1 amide bonds. The van der Waals surface area contributed by atoms with Crippen molar-refractivity contribution in [3.8, 4) is 6.07 Å². The van der Waals surface area contributed by atoms with Gasteiger partial charge in [0.15, 0.2) is 0 Å². The highest BCUT2D eigenvalue weighted by atomic mass is 32.2. The van der Waals surface area contributed by atoms with Crippen molar-refractivity contribution in [2.45, 2.75) is 24.5 Å². The molecule has 1 heterocycles. The lowest BCUT2D eigenvalue weighted by molar-refractivity contribution is 0.0948. The zero-order valence-electron chi connectivity index (χ0n) is 12.5. The number of carbonyl (C=O) groups excluding carboxylic acids is 1. The second-order valence-electron chi connectivity index (χ2n) is 4.88. The number of hydrogen-bond donors (Lipinski definition) is 1. The molecule has 2 aromatic rings. The van der Waals surface area contributed by atoms with Gasteiger partial charge in [0.05, 0.1) is 28.3 Å². The standard InChI is InChI=1S/C16H17N3OS2/c1-11(7-17)8-18-16(20)14-5-3-4-6-15(14)22-10-13-9-21-12(2)19-13/h3-6,9,11H,8,10H2,1-2H3,(H,18,20). The maximum atomic E-state index is 12.3. The van der Waals surface area contributed by atoms with Crippen molar-refractivity contribution in [2.75, 3.05) is 6.54 Å². The fourth-order valence-corrected chi connectivity index (χ4v) is 3.45. The van der Waals surface area contributed by atoms with Gasteiger partial charge in [0.25, 0.3) is 5.91 Å². The zero-order valence-corrected chi connectivity index (χ0v) is 14.1. The molecule has 6 heteroatoms. The first-order valence-electron chi connectivity index (χ1n) is 6.90. The fraction of sp³-hybridized carbons (Fsp3) is 0.312. The zero-order chi connectivity index (χ0) is 15.9. The molecule has 1 atom stereocenters. The van der Waals surface area contributed by atoms with Gasteiger partial charge in [0.1, 0.15) is 0 Å². The highest BCUT2D eigenvalue weighted by Crippen LogP contribution is 2.26. The number of carbonyl (C=O) groups is 1. The number of nitriles is 1. The maximum Gasteiger partial charge on any atom is 0.252 e. The van der Waals surface area contributed by atoms with Crippen LogP contribution in [0.4, 0.5) is 0 Å². The number of aryl methyl sites for hydroxylation is 1. The number of nitrogens with zero attached hydrogens (tertiary/aromatic N) is 2. The third kappa shape index (κ3) is 4.58. The molecule has 1 aromatic heterocycles. The molecule has 0 saturated carbocycles. The Morgan fingerprint density at radius 1 is 1.50 bits per heavy atom. The lowest BCUT2D eigenvalue weighted by atomic mass is 10.2.